The van der Waals surface area contributed by atoms with Gasteiger partial charge < -0.3 is 5.32 Å². The number of nitrogens with zero attached hydrogens (tertiary/aromatic N) is 3. The van der Waals surface area contributed by atoms with Gasteiger partial charge in [-0.3, -0.25) is 4.79 Å². The van der Waals surface area contributed by atoms with Gasteiger partial charge >= 0.3 is 0 Å². The van der Waals surface area contributed by atoms with Gasteiger partial charge in [0.15, 0.2) is 5.82 Å². The van der Waals surface area contributed by atoms with Crippen LogP contribution >= 0.6 is 11.8 Å². The molecule has 0 bridgehead atoms. The molecule has 0 unspecified atom stereocenters. The smallest absolute Gasteiger partial charge is 0.217 e. The van der Waals surface area contributed by atoms with Crippen molar-refractivity contribution in [1.82, 2.24) is 25.9 Å². The topological polar surface area (TPSA) is 83.6 Å². The van der Waals surface area contributed by atoms with Crippen LogP contribution in [0.15, 0.2) is 34.9 Å². The molecule has 1 amide bonds. The highest BCUT2D eigenvalue weighted by molar-refractivity contribution is 7.99. The largest absolute Gasteiger partial charge is 0.345 e. The van der Waals surface area contributed by atoms with Gasteiger partial charge in [0.2, 0.25) is 5.91 Å². The molecule has 1 rings (SSSR count). The van der Waals surface area contributed by atoms with Crippen LogP contribution in [0.5, 0.6) is 0 Å². The number of rotatable bonds is 12. The quantitative estimate of drug-likeness (QED) is 0.404. The SMILES string of the molecule is CC(=O)N[C@H](CSC/C=C(\C)CC/C=C(\C)CCC=C(C)C)c1nnn[nH]1. The van der Waals surface area contributed by atoms with Gasteiger partial charge in [0.05, 0.1) is 6.04 Å². The number of carbonyl (C=O) groups excluding carboxylic acids is 1. The summed E-state index contributed by atoms with van der Waals surface area (Å²) in [5.74, 6) is 2.14. The average Bonchev–Trinajstić information content (AvgIpc) is 3.11. The maximum Gasteiger partial charge on any atom is 0.217 e. The van der Waals surface area contributed by atoms with E-state index < -0.39 is 0 Å². The Hall–Kier alpha value is -1.89. The number of nitrogens with one attached hydrogen (secondary N) is 2. The third-order valence-corrected chi connectivity index (χ3v) is 5.00. The lowest BCUT2D eigenvalue weighted by Crippen LogP contribution is -2.28. The van der Waals surface area contributed by atoms with Crippen molar-refractivity contribution >= 4 is 17.7 Å². The summed E-state index contributed by atoms with van der Waals surface area (Å²) < 4.78 is 0. The fourth-order valence-electron chi connectivity index (χ4n) is 2.47. The zero-order valence-electron chi connectivity index (χ0n) is 17.2. The van der Waals surface area contributed by atoms with Gasteiger partial charge in [0, 0.05) is 18.4 Å². The Balaban J connectivity index is 2.31. The molecular weight excluding hydrogens is 358 g/mol. The monoisotopic (exact) mass is 391 g/mol. The van der Waals surface area contributed by atoms with Crippen LogP contribution in [0.3, 0.4) is 0 Å². The number of carbonyl (C=O) groups is 1. The maximum absolute atomic E-state index is 11.3. The summed E-state index contributed by atoms with van der Waals surface area (Å²) in [4.78, 5) is 11.3. The van der Waals surface area contributed by atoms with Crippen molar-refractivity contribution in [3.63, 3.8) is 0 Å². The molecule has 0 saturated heterocycles. The summed E-state index contributed by atoms with van der Waals surface area (Å²) in [5.41, 5.74) is 4.25. The second kappa shape index (κ2) is 13.3. The minimum absolute atomic E-state index is 0.0875. The molecule has 1 aromatic heterocycles. The van der Waals surface area contributed by atoms with E-state index in [0.717, 1.165) is 37.2 Å². The molecule has 2 N–H and O–H groups in total. The predicted molar refractivity (Wildman–Crippen MR) is 113 cm³/mol. The minimum atomic E-state index is -0.192. The van der Waals surface area contributed by atoms with Crippen LogP contribution in [0.4, 0.5) is 0 Å². The van der Waals surface area contributed by atoms with Gasteiger partial charge in [-0.2, -0.15) is 11.8 Å². The molecule has 0 aliphatic rings. The van der Waals surface area contributed by atoms with E-state index in [1.165, 1.54) is 23.6 Å². The number of aromatic nitrogens is 4. The Kier molecular flexibility index (Phi) is 11.4. The number of hydrogen-bond acceptors (Lipinski definition) is 5. The van der Waals surface area contributed by atoms with Gasteiger partial charge in [0.1, 0.15) is 0 Å². The number of thioether (sulfide) groups is 1. The Morgan fingerprint density at radius 2 is 1.74 bits per heavy atom. The first-order chi connectivity index (χ1) is 12.9. The van der Waals surface area contributed by atoms with Gasteiger partial charge in [-0.25, -0.2) is 5.10 Å². The molecule has 0 aliphatic carbocycles. The van der Waals surface area contributed by atoms with E-state index in [4.69, 9.17) is 0 Å². The summed E-state index contributed by atoms with van der Waals surface area (Å²) in [5, 5.41) is 16.7. The summed E-state index contributed by atoms with van der Waals surface area (Å²) in [6.07, 6.45) is 11.4. The molecule has 0 aromatic carbocycles. The van der Waals surface area contributed by atoms with Crippen LogP contribution < -0.4 is 5.32 Å². The Bertz CT molecular complexity index is 645. The minimum Gasteiger partial charge on any atom is -0.345 e. The molecule has 27 heavy (non-hydrogen) atoms. The lowest BCUT2D eigenvalue weighted by atomic mass is 10.1. The number of H-pyrrole nitrogens is 1. The van der Waals surface area contributed by atoms with E-state index in [2.05, 4.69) is 71.9 Å². The molecule has 0 spiro atoms. The standard InChI is InChI=1S/C20H33N5OS/c1-15(2)8-6-9-16(3)10-7-11-17(4)12-13-27-14-19(21-18(5)26)20-22-24-25-23-20/h8,10,12,19H,6-7,9,11,13-14H2,1-5H3,(H,21,26)(H,22,23,24,25)/b16-10+,17-12+/t19-/m1/s1. The lowest BCUT2D eigenvalue weighted by molar-refractivity contribution is -0.119. The lowest BCUT2D eigenvalue weighted by Gasteiger charge is -2.13. The van der Waals surface area contributed by atoms with Gasteiger partial charge in [-0.1, -0.05) is 34.9 Å². The molecule has 0 aliphatic heterocycles. The number of tetrazole rings is 1. The fraction of sp³-hybridized carbons (Fsp3) is 0.600. The highest BCUT2D eigenvalue weighted by atomic mass is 32.2. The van der Waals surface area contributed by atoms with Crippen molar-refractivity contribution in [2.45, 2.75) is 66.3 Å². The van der Waals surface area contributed by atoms with Crippen LogP contribution in [0.2, 0.25) is 0 Å². The van der Waals surface area contributed by atoms with Crippen LogP contribution in [0.25, 0.3) is 0 Å². The molecule has 1 atom stereocenters. The van der Waals surface area contributed by atoms with E-state index in [1.54, 1.807) is 11.8 Å². The Morgan fingerprint density at radius 1 is 1.07 bits per heavy atom. The van der Waals surface area contributed by atoms with Crippen molar-refractivity contribution in [3.05, 3.63) is 40.8 Å². The normalized spacial score (nSPS) is 13.4. The first kappa shape index (κ1) is 23.1. The van der Waals surface area contributed by atoms with Crippen molar-refractivity contribution in [1.29, 1.82) is 0 Å². The first-order valence-electron chi connectivity index (χ1n) is 9.41. The third kappa shape index (κ3) is 11.4. The molecule has 1 aromatic rings. The molecule has 6 nitrogen and oxygen atoms in total. The third-order valence-electron chi connectivity index (χ3n) is 4.03. The molecule has 150 valence electrons. The number of allylic oxidation sites excluding steroid dienone is 5. The number of amides is 1. The van der Waals surface area contributed by atoms with Crippen molar-refractivity contribution in [3.8, 4) is 0 Å². The maximum atomic E-state index is 11.3. The zero-order chi connectivity index (χ0) is 20.1. The van der Waals surface area contributed by atoms with Crippen molar-refractivity contribution in [2.75, 3.05) is 11.5 Å². The van der Waals surface area contributed by atoms with E-state index in [-0.39, 0.29) is 11.9 Å². The highest BCUT2D eigenvalue weighted by Crippen LogP contribution is 2.16. The summed E-state index contributed by atoms with van der Waals surface area (Å²) >= 11 is 1.75. The van der Waals surface area contributed by atoms with E-state index in [1.807, 2.05) is 0 Å². The predicted octanol–water partition coefficient (Wildman–Crippen LogP) is 4.53. The molecule has 1 heterocycles. The van der Waals surface area contributed by atoms with Gasteiger partial charge in [-0.05, 0) is 63.8 Å². The van der Waals surface area contributed by atoms with Gasteiger partial charge in [-0.15, -0.1) is 5.10 Å². The van der Waals surface area contributed by atoms with Crippen LogP contribution in [0, 0.1) is 0 Å². The summed E-state index contributed by atoms with van der Waals surface area (Å²) in [6.45, 7) is 10.2. The second-order valence-corrected chi connectivity index (χ2v) is 8.11. The Morgan fingerprint density at radius 3 is 2.33 bits per heavy atom. The summed E-state index contributed by atoms with van der Waals surface area (Å²) in [6, 6.07) is -0.192. The van der Waals surface area contributed by atoms with Crippen molar-refractivity contribution < 1.29 is 4.79 Å². The summed E-state index contributed by atoms with van der Waals surface area (Å²) in [7, 11) is 0. The molecule has 0 radical (unpaired) electrons. The molecular formula is C20H33N5OS. The van der Waals surface area contributed by atoms with Gasteiger partial charge in [0.25, 0.3) is 0 Å². The van der Waals surface area contributed by atoms with E-state index in [0.29, 0.717) is 5.82 Å². The first-order valence-corrected chi connectivity index (χ1v) is 10.6. The van der Waals surface area contributed by atoms with E-state index >= 15 is 0 Å². The molecule has 7 heteroatoms. The second-order valence-electron chi connectivity index (χ2n) is 7.04. The van der Waals surface area contributed by atoms with Crippen molar-refractivity contribution in [2.24, 2.45) is 0 Å². The fourth-order valence-corrected chi connectivity index (χ4v) is 3.49. The zero-order valence-corrected chi connectivity index (χ0v) is 18.0. The van der Waals surface area contributed by atoms with Crippen LogP contribution in [0.1, 0.15) is 72.2 Å². The Labute approximate surface area is 167 Å². The molecule has 0 saturated carbocycles. The van der Waals surface area contributed by atoms with Crippen LogP contribution in [-0.2, 0) is 4.79 Å². The van der Waals surface area contributed by atoms with E-state index in [9.17, 15) is 4.79 Å². The average molecular weight is 392 g/mol. The highest BCUT2D eigenvalue weighted by Gasteiger charge is 2.16. The molecule has 0 fully saturated rings. The number of aromatic amines is 1. The number of hydrogen-bond donors (Lipinski definition) is 2. The van der Waals surface area contributed by atoms with Crippen LogP contribution in [-0.4, -0.2) is 38.0 Å².